The summed E-state index contributed by atoms with van der Waals surface area (Å²) in [5.41, 5.74) is 0. The van der Waals surface area contributed by atoms with Crippen molar-refractivity contribution in [3.05, 3.63) is 0 Å². The predicted molar refractivity (Wildman–Crippen MR) is 335 cm³/mol. The molecule has 0 spiro atoms. The molecule has 0 radical (unpaired) electrons. The molecule has 19 heteroatoms. The highest BCUT2D eigenvalue weighted by molar-refractivity contribution is 7.47. The van der Waals surface area contributed by atoms with E-state index in [0.29, 0.717) is 31.6 Å². The molecule has 0 saturated carbocycles. The maximum atomic E-state index is 13.0. The van der Waals surface area contributed by atoms with E-state index in [1.54, 1.807) is 0 Å². The molecule has 0 aromatic rings. The Bertz CT molecular complexity index is 1660. The van der Waals surface area contributed by atoms with Crippen LogP contribution >= 0.6 is 15.6 Å². The first-order chi connectivity index (χ1) is 40.2. The summed E-state index contributed by atoms with van der Waals surface area (Å²) in [5, 5.41) is 10.5. The maximum Gasteiger partial charge on any atom is 0.472 e. The summed E-state index contributed by atoms with van der Waals surface area (Å²) < 4.78 is 67.9. The first-order valence-corrected chi connectivity index (χ1v) is 36.8. The number of unbranched alkanes of at least 4 members (excludes halogenated alkanes) is 31. The SMILES string of the molecule is CCCCCCCCCC(=O)OC[C@H](COP(=O)(O)OC[C@H](O)COP(=O)(O)OC[C@@H](COC(=O)CCCCCCCCCCC(C)C)OC(=O)CCCCCCCCCCCCCCCC(C)C)OC(=O)CCCCCCCCCC(C)C. The zero-order valence-corrected chi connectivity index (χ0v) is 56.1. The first kappa shape index (κ1) is 82.1. The normalized spacial score (nSPS) is 14.3. The minimum absolute atomic E-state index is 0.103. The highest BCUT2D eigenvalue weighted by Gasteiger charge is 2.30. The minimum Gasteiger partial charge on any atom is -0.462 e. The van der Waals surface area contributed by atoms with E-state index in [-0.39, 0.29) is 25.7 Å². The van der Waals surface area contributed by atoms with Gasteiger partial charge in [0.15, 0.2) is 12.2 Å². The van der Waals surface area contributed by atoms with Crippen LogP contribution in [0.4, 0.5) is 0 Å². The summed E-state index contributed by atoms with van der Waals surface area (Å²) in [6, 6.07) is 0. The van der Waals surface area contributed by atoms with Gasteiger partial charge >= 0.3 is 39.5 Å². The van der Waals surface area contributed by atoms with E-state index in [0.717, 1.165) is 115 Å². The Labute approximate surface area is 511 Å². The van der Waals surface area contributed by atoms with Gasteiger partial charge in [0, 0.05) is 25.7 Å². The van der Waals surface area contributed by atoms with Gasteiger partial charge in [-0.05, 0) is 43.4 Å². The quantitative estimate of drug-likeness (QED) is 0.0222. The number of ether oxygens (including phenoxy) is 4. The number of phosphoric acid groups is 2. The highest BCUT2D eigenvalue weighted by atomic mass is 31.2. The first-order valence-electron chi connectivity index (χ1n) is 33.8. The number of aliphatic hydroxyl groups excluding tert-OH is 1. The van der Waals surface area contributed by atoms with Crippen LogP contribution in [0.15, 0.2) is 0 Å². The third-order valence-electron chi connectivity index (χ3n) is 14.9. The Kier molecular flexibility index (Phi) is 55.0. The van der Waals surface area contributed by atoms with Gasteiger partial charge < -0.3 is 33.8 Å². The van der Waals surface area contributed by atoms with Gasteiger partial charge in [0.05, 0.1) is 26.4 Å². The second kappa shape index (κ2) is 56.3. The maximum absolute atomic E-state index is 13.0. The van der Waals surface area contributed by atoms with Crippen LogP contribution in [-0.4, -0.2) is 96.7 Å². The van der Waals surface area contributed by atoms with Crippen LogP contribution in [0.25, 0.3) is 0 Å². The van der Waals surface area contributed by atoms with Crippen molar-refractivity contribution in [3.63, 3.8) is 0 Å². The molecule has 17 nitrogen and oxygen atoms in total. The predicted octanol–water partition coefficient (Wildman–Crippen LogP) is 17.9. The van der Waals surface area contributed by atoms with Gasteiger partial charge in [-0.2, -0.15) is 0 Å². The Morgan fingerprint density at radius 2 is 0.548 bits per heavy atom. The molecule has 0 aromatic heterocycles. The average molecular weight is 1240 g/mol. The summed E-state index contributed by atoms with van der Waals surface area (Å²) in [4.78, 5) is 72.1. The topological polar surface area (TPSA) is 237 Å². The van der Waals surface area contributed by atoms with Crippen LogP contribution in [0, 0.1) is 17.8 Å². The molecule has 0 aliphatic rings. The van der Waals surface area contributed by atoms with E-state index in [2.05, 4.69) is 48.5 Å². The van der Waals surface area contributed by atoms with E-state index < -0.39 is 97.5 Å². The lowest BCUT2D eigenvalue weighted by Gasteiger charge is -2.21. The summed E-state index contributed by atoms with van der Waals surface area (Å²) in [6.45, 7) is 11.7. The molecular weight excluding hydrogens is 1110 g/mol. The molecule has 0 bridgehead atoms. The van der Waals surface area contributed by atoms with Gasteiger partial charge in [-0.25, -0.2) is 9.13 Å². The van der Waals surface area contributed by atoms with Gasteiger partial charge in [-0.15, -0.1) is 0 Å². The van der Waals surface area contributed by atoms with Gasteiger partial charge in [0.2, 0.25) is 0 Å². The molecule has 0 aromatic carbocycles. The lowest BCUT2D eigenvalue weighted by atomic mass is 10.0. The fourth-order valence-electron chi connectivity index (χ4n) is 9.66. The van der Waals surface area contributed by atoms with E-state index in [4.69, 9.17) is 37.0 Å². The summed E-state index contributed by atoms with van der Waals surface area (Å²) in [6.07, 6.45) is 37.8. The van der Waals surface area contributed by atoms with Crippen LogP contribution in [0.1, 0.15) is 318 Å². The van der Waals surface area contributed by atoms with Crippen LogP contribution in [0.5, 0.6) is 0 Å². The summed E-state index contributed by atoms with van der Waals surface area (Å²) in [5.74, 6) is 0.0685. The molecule has 0 saturated heterocycles. The van der Waals surface area contributed by atoms with E-state index in [1.165, 1.54) is 116 Å². The van der Waals surface area contributed by atoms with Crippen molar-refractivity contribution in [2.24, 2.45) is 17.8 Å². The van der Waals surface area contributed by atoms with E-state index >= 15 is 0 Å². The minimum atomic E-state index is -4.95. The zero-order valence-electron chi connectivity index (χ0n) is 54.4. The molecule has 0 rings (SSSR count). The second-order valence-corrected chi connectivity index (χ2v) is 27.8. The summed E-state index contributed by atoms with van der Waals surface area (Å²) >= 11 is 0. The smallest absolute Gasteiger partial charge is 0.462 e. The van der Waals surface area contributed by atoms with Crippen molar-refractivity contribution in [2.45, 2.75) is 336 Å². The van der Waals surface area contributed by atoms with Gasteiger partial charge in [-0.1, -0.05) is 267 Å². The number of carbonyl (C=O) groups excluding carboxylic acids is 4. The molecule has 0 heterocycles. The number of carbonyl (C=O) groups is 4. The number of hydrogen-bond acceptors (Lipinski definition) is 15. The number of hydrogen-bond donors (Lipinski definition) is 3. The largest absolute Gasteiger partial charge is 0.472 e. The number of rotatable bonds is 63. The van der Waals surface area contributed by atoms with Crippen molar-refractivity contribution in [1.29, 1.82) is 0 Å². The van der Waals surface area contributed by atoms with E-state index in [1.807, 2.05) is 0 Å². The Hall–Kier alpha value is -1.94. The highest BCUT2D eigenvalue weighted by Crippen LogP contribution is 2.45. The molecule has 0 aliphatic heterocycles. The average Bonchev–Trinajstić information content (AvgIpc) is 3.45. The van der Waals surface area contributed by atoms with Crippen LogP contribution < -0.4 is 0 Å². The van der Waals surface area contributed by atoms with Crippen molar-refractivity contribution < 1.29 is 80.2 Å². The molecule has 0 aliphatic carbocycles. The van der Waals surface area contributed by atoms with Crippen LogP contribution in [0.2, 0.25) is 0 Å². The summed E-state index contributed by atoms with van der Waals surface area (Å²) in [7, 11) is -9.89. The van der Waals surface area contributed by atoms with Crippen LogP contribution in [-0.2, 0) is 65.4 Å². The molecule has 0 amide bonds. The second-order valence-electron chi connectivity index (χ2n) is 24.9. The Morgan fingerprint density at radius 3 is 0.810 bits per heavy atom. The molecule has 2 unspecified atom stereocenters. The zero-order chi connectivity index (χ0) is 62.4. The van der Waals surface area contributed by atoms with Gasteiger partial charge in [-0.3, -0.25) is 37.3 Å². The lowest BCUT2D eigenvalue weighted by Crippen LogP contribution is -2.30. The van der Waals surface area contributed by atoms with Gasteiger partial charge in [0.25, 0.3) is 0 Å². The van der Waals surface area contributed by atoms with Crippen LogP contribution in [0.3, 0.4) is 0 Å². The number of esters is 4. The van der Waals surface area contributed by atoms with Gasteiger partial charge in [0.1, 0.15) is 19.3 Å². The van der Waals surface area contributed by atoms with Crippen molar-refractivity contribution in [2.75, 3.05) is 39.6 Å². The molecular formula is C65H126O17P2. The fourth-order valence-corrected chi connectivity index (χ4v) is 11.2. The molecule has 5 atom stereocenters. The van der Waals surface area contributed by atoms with Crippen molar-refractivity contribution in [1.82, 2.24) is 0 Å². The lowest BCUT2D eigenvalue weighted by molar-refractivity contribution is -0.161. The standard InChI is InChI=1S/C65H126O17P2/c1-8-9-10-11-22-32-39-46-62(67)75-52-60(82-65(70)49-42-35-28-21-25-31-38-45-58(6)7)54-79-83(71,72)77-50-59(66)51-78-84(73,74)80-55-61(53-76-63(68)47-40-33-26-20-19-24-30-37-44-57(4)5)81-64(69)48-41-34-27-18-16-14-12-13-15-17-23-29-36-43-56(2)3/h56-61,66H,8-55H2,1-7H3,(H,71,72)(H,73,74)/t59-,60+,61+/m0/s1. The third kappa shape index (κ3) is 59.0. The third-order valence-corrected chi connectivity index (χ3v) is 16.8. The fraction of sp³-hybridized carbons (Fsp3) is 0.938. The molecule has 3 N–H and O–H groups in total. The molecule has 0 fully saturated rings. The Morgan fingerprint density at radius 1 is 0.321 bits per heavy atom. The monoisotopic (exact) mass is 1240 g/mol. The van der Waals surface area contributed by atoms with Crippen molar-refractivity contribution >= 4 is 39.5 Å². The Balaban J connectivity index is 5.21. The number of aliphatic hydroxyl groups is 1. The van der Waals surface area contributed by atoms with E-state index in [9.17, 15) is 43.2 Å². The molecule has 498 valence electrons. The molecule has 84 heavy (non-hydrogen) atoms. The van der Waals surface area contributed by atoms with Crippen molar-refractivity contribution in [3.8, 4) is 0 Å². The number of phosphoric ester groups is 2.